The van der Waals surface area contributed by atoms with Crippen LogP contribution in [0.4, 0.5) is 22.7 Å². The second-order valence-electron chi connectivity index (χ2n) is 6.22. The van der Waals surface area contributed by atoms with Crippen LogP contribution < -0.4 is 0 Å². The Hall–Kier alpha value is -3.66. The van der Waals surface area contributed by atoms with E-state index in [0.717, 1.165) is 33.5 Å². The zero-order valence-electron chi connectivity index (χ0n) is 14.9. The van der Waals surface area contributed by atoms with Crippen molar-refractivity contribution in [3.8, 4) is 0 Å². The van der Waals surface area contributed by atoms with Crippen molar-refractivity contribution < 1.29 is 0 Å². The van der Waals surface area contributed by atoms with Crippen molar-refractivity contribution in [1.29, 1.82) is 0 Å². The minimum atomic E-state index is 0.809. The summed E-state index contributed by atoms with van der Waals surface area (Å²) >= 11 is 0. The summed E-state index contributed by atoms with van der Waals surface area (Å²) < 4.78 is 0. The van der Waals surface area contributed by atoms with E-state index >= 15 is 0 Å². The number of hydrogen-bond acceptors (Lipinski definition) is 4. The molecule has 0 fully saturated rings. The molecule has 0 bridgehead atoms. The Balaban J connectivity index is 1.70. The maximum absolute atomic E-state index is 4.45. The zero-order valence-corrected chi connectivity index (χ0v) is 14.9. The first-order valence-corrected chi connectivity index (χ1v) is 8.76. The Bertz CT molecular complexity index is 1110. The van der Waals surface area contributed by atoms with Crippen LogP contribution in [0.1, 0.15) is 5.56 Å². The van der Waals surface area contributed by atoms with Crippen molar-refractivity contribution in [2.45, 2.75) is 6.92 Å². The highest BCUT2D eigenvalue weighted by Gasteiger charge is 2.05. The molecule has 0 aliphatic heterocycles. The molecule has 0 aliphatic carbocycles. The average molecular weight is 350 g/mol. The molecule has 4 heteroatoms. The van der Waals surface area contributed by atoms with E-state index in [9.17, 15) is 0 Å². The molecule has 0 spiro atoms. The third kappa shape index (κ3) is 3.96. The van der Waals surface area contributed by atoms with E-state index in [-0.39, 0.29) is 0 Å². The molecule has 0 atom stereocenters. The fraction of sp³-hybridized carbons (Fsp3) is 0.0435. The predicted octanol–water partition coefficient (Wildman–Crippen LogP) is 7.98. The molecule has 4 nitrogen and oxygen atoms in total. The number of rotatable bonds is 4. The van der Waals surface area contributed by atoms with E-state index in [1.165, 1.54) is 5.56 Å². The molecule has 0 saturated heterocycles. The third-order valence-electron chi connectivity index (χ3n) is 4.21. The van der Waals surface area contributed by atoms with E-state index in [1.807, 2.05) is 91.0 Å². The van der Waals surface area contributed by atoms with Gasteiger partial charge < -0.3 is 0 Å². The molecule has 27 heavy (non-hydrogen) atoms. The Kier molecular flexibility index (Phi) is 4.79. The first kappa shape index (κ1) is 16.8. The van der Waals surface area contributed by atoms with Crippen molar-refractivity contribution in [2.75, 3.05) is 0 Å². The summed E-state index contributed by atoms with van der Waals surface area (Å²) in [6.07, 6.45) is 0. The van der Waals surface area contributed by atoms with E-state index in [2.05, 4.69) is 27.4 Å². The highest BCUT2D eigenvalue weighted by molar-refractivity contribution is 5.99. The lowest BCUT2D eigenvalue weighted by Crippen LogP contribution is -1.75. The average Bonchev–Trinajstić information content (AvgIpc) is 2.73. The number of aryl methyl sites for hydroxylation is 1. The summed E-state index contributed by atoms with van der Waals surface area (Å²) in [7, 11) is 0. The second kappa shape index (κ2) is 7.70. The maximum Gasteiger partial charge on any atom is 0.0936 e. The van der Waals surface area contributed by atoms with E-state index in [4.69, 9.17) is 0 Å². The number of nitrogens with zero attached hydrogens (tertiary/aromatic N) is 4. The maximum atomic E-state index is 4.45. The molecule has 4 aromatic rings. The largest absolute Gasteiger partial charge is 0.151 e. The van der Waals surface area contributed by atoms with Gasteiger partial charge in [-0.05, 0) is 43.3 Å². The zero-order chi connectivity index (χ0) is 18.5. The van der Waals surface area contributed by atoms with Gasteiger partial charge in [0.05, 0.1) is 22.7 Å². The van der Waals surface area contributed by atoms with Gasteiger partial charge in [-0.1, -0.05) is 60.2 Å². The van der Waals surface area contributed by atoms with Crippen LogP contribution in [0.5, 0.6) is 0 Å². The Morgan fingerprint density at radius 2 is 0.926 bits per heavy atom. The molecule has 130 valence electrons. The van der Waals surface area contributed by atoms with Gasteiger partial charge in [-0.3, -0.25) is 0 Å². The van der Waals surface area contributed by atoms with Gasteiger partial charge in [0.2, 0.25) is 0 Å². The first-order valence-electron chi connectivity index (χ1n) is 8.76. The molecule has 4 rings (SSSR count). The molecule has 0 amide bonds. The second-order valence-corrected chi connectivity index (χ2v) is 6.22. The number of fused-ring (bicyclic) bond motifs is 1. The van der Waals surface area contributed by atoms with Crippen LogP contribution >= 0.6 is 0 Å². The minimum absolute atomic E-state index is 0.809. The lowest BCUT2D eigenvalue weighted by molar-refractivity contribution is 1.22. The summed E-state index contributed by atoms with van der Waals surface area (Å²) in [6, 6.07) is 29.6. The van der Waals surface area contributed by atoms with Crippen LogP contribution in [0.25, 0.3) is 10.8 Å². The number of azo groups is 2. The van der Waals surface area contributed by atoms with Gasteiger partial charge in [-0.15, -0.1) is 10.2 Å². The van der Waals surface area contributed by atoms with E-state index in [0.29, 0.717) is 0 Å². The predicted molar refractivity (Wildman–Crippen MR) is 110 cm³/mol. The van der Waals surface area contributed by atoms with Crippen LogP contribution in [0.3, 0.4) is 0 Å². The Labute approximate surface area is 157 Å². The summed E-state index contributed by atoms with van der Waals surface area (Å²) in [5.41, 5.74) is 4.48. The van der Waals surface area contributed by atoms with E-state index < -0.39 is 0 Å². The van der Waals surface area contributed by atoms with Crippen LogP contribution in [-0.2, 0) is 0 Å². The highest BCUT2D eigenvalue weighted by Crippen LogP contribution is 2.35. The van der Waals surface area contributed by atoms with E-state index in [1.54, 1.807) is 0 Å². The van der Waals surface area contributed by atoms with Crippen LogP contribution in [0.2, 0.25) is 0 Å². The van der Waals surface area contributed by atoms with Crippen LogP contribution in [0, 0.1) is 6.92 Å². The van der Waals surface area contributed by atoms with Gasteiger partial charge in [-0.25, -0.2) is 0 Å². The monoisotopic (exact) mass is 350 g/mol. The van der Waals surface area contributed by atoms with Crippen LogP contribution in [-0.4, -0.2) is 0 Å². The van der Waals surface area contributed by atoms with Gasteiger partial charge in [0.1, 0.15) is 0 Å². The molecule has 0 N–H and O–H groups in total. The van der Waals surface area contributed by atoms with Crippen molar-refractivity contribution in [1.82, 2.24) is 0 Å². The highest BCUT2D eigenvalue weighted by atomic mass is 15.1. The number of hydrogen-bond donors (Lipinski definition) is 0. The molecule has 0 heterocycles. The molecular weight excluding hydrogens is 332 g/mol. The smallest absolute Gasteiger partial charge is 0.0936 e. The fourth-order valence-electron chi connectivity index (χ4n) is 2.77. The molecule has 0 aliphatic rings. The summed E-state index contributed by atoms with van der Waals surface area (Å²) in [5, 5.41) is 19.6. The molecular formula is C23H18N4. The van der Waals surface area contributed by atoms with Crippen molar-refractivity contribution in [2.24, 2.45) is 20.5 Å². The van der Waals surface area contributed by atoms with Gasteiger partial charge in [0.25, 0.3) is 0 Å². The summed E-state index contributed by atoms with van der Waals surface area (Å²) in [5.74, 6) is 0. The lowest BCUT2D eigenvalue weighted by atomic mass is 10.1. The van der Waals surface area contributed by atoms with Crippen LogP contribution in [0.15, 0.2) is 111 Å². The summed E-state index contributed by atoms with van der Waals surface area (Å²) in [6.45, 7) is 2.05. The SMILES string of the molecule is Cc1ccc(N=Nc2ccc(N=Nc3ccccc3)c3ccccc23)cc1. The van der Waals surface area contributed by atoms with Gasteiger partial charge in [0, 0.05) is 10.8 Å². The van der Waals surface area contributed by atoms with Gasteiger partial charge in [-0.2, -0.15) is 10.2 Å². The van der Waals surface area contributed by atoms with Gasteiger partial charge >= 0.3 is 0 Å². The molecule has 0 radical (unpaired) electrons. The summed E-state index contributed by atoms with van der Waals surface area (Å²) in [4.78, 5) is 0. The van der Waals surface area contributed by atoms with Gasteiger partial charge in [0.15, 0.2) is 0 Å². The fourth-order valence-corrected chi connectivity index (χ4v) is 2.77. The van der Waals surface area contributed by atoms with Crippen molar-refractivity contribution in [3.05, 3.63) is 96.6 Å². The molecule has 0 saturated carbocycles. The third-order valence-corrected chi connectivity index (χ3v) is 4.21. The minimum Gasteiger partial charge on any atom is -0.151 e. The first-order chi connectivity index (χ1) is 13.3. The van der Waals surface area contributed by atoms with Crippen molar-refractivity contribution >= 4 is 33.5 Å². The number of benzene rings is 4. The van der Waals surface area contributed by atoms with Crippen molar-refractivity contribution in [3.63, 3.8) is 0 Å². The normalized spacial score (nSPS) is 11.6. The topological polar surface area (TPSA) is 49.4 Å². The quantitative estimate of drug-likeness (QED) is 0.335. The Morgan fingerprint density at radius 3 is 1.48 bits per heavy atom. The standard InChI is InChI=1S/C23H18N4/c1-17-11-13-19(14-12-17)25-27-23-16-15-22(20-9-5-6-10-21(20)23)26-24-18-7-3-2-4-8-18/h2-16H,1H3. The molecule has 0 aromatic heterocycles. The molecule has 0 unspecified atom stereocenters. The molecule has 4 aromatic carbocycles. The Morgan fingerprint density at radius 1 is 0.444 bits per heavy atom. The lowest BCUT2D eigenvalue weighted by Gasteiger charge is -2.04.